The number of aromatic nitrogens is 2. The van der Waals surface area contributed by atoms with E-state index in [2.05, 4.69) is 4.98 Å². The summed E-state index contributed by atoms with van der Waals surface area (Å²) in [6.45, 7) is 5.69. The molecule has 3 aromatic rings. The number of benzene rings is 1. The molecule has 25 heavy (non-hydrogen) atoms. The van der Waals surface area contributed by atoms with Crippen LogP contribution in [0.1, 0.15) is 30.9 Å². The van der Waals surface area contributed by atoms with Crippen LogP contribution in [0.3, 0.4) is 0 Å². The predicted molar refractivity (Wildman–Crippen MR) is 92.6 cm³/mol. The van der Waals surface area contributed by atoms with Crippen molar-refractivity contribution >= 4 is 10.8 Å². The Hall–Kier alpha value is -2.76. The minimum Gasteiger partial charge on any atom is -0.481 e. The number of fused-ring (bicyclic) bond motifs is 1. The minimum atomic E-state index is -1.04. The van der Waals surface area contributed by atoms with Crippen molar-refractivity contribution in [3.63, 3.8) is 0 Å². The number of pyridine rings is 2. The Morgan fingerprint density at radius 3 is 2.36 bits per heavy atom. The molecule has 0 N–H and O–H groups in total. The highest BCUT2D eigenvalue weighted by molar-refractivity contribution is 5.85. The molecule has 2 heterocycles. The molecule has 130 valence electrons. The van der Waals surface area contributed by atoms with Gasteiger partial charge in [-0.25, -0.2) is 13.8 Å². The van der Waals surface area contributed by atoms with Gasteiger partial charge >= 0.3 is 0 Å². The van der Waals surface area contributed by atoms with Crippen LogP contribution in [0.2, 0.25) is 0 Å². The van der Waals surface area contributed by atoms with E-state index in [9.17, 15) is 13.6 Å². The van der Waals surface area contributed by atoms with Crippen molar-refractivity contribution in [1.29, 1.82) is 0 Å². The fraction of sp³-hybridized carbons (Fsp3) is 0.263. The molecule has 0 spiro atoms. The molecule has 1 aromatic carbocycles. The molecule has 0 amide bonds. The van der Waals surface area contributed by atoms with E-state index in [1.54, 1.807) is 18.5 Å². The van der Waals surface area contributed by atoms with E-state index < -0.39 is 17.2 Å². The summed E-state index contributed by atoms with van der Waals surface area (Å²) in [7, 11) is 1.49. The molecule has 3 rings (SSSR count). The first kappa shape index (κ1) is 17.1. The smallest absolute Gasteiger partial charge is 0.263 e. The van der Waals surface area contributed by atoms with Gasteiger partial charge in [-0.3, -0.25) is 9.36 Å². The number of hydrogen-bond donors (Lipinski definition) is 0. The van der Waals surface area contributed by atoms with Gasteiger partial charge in [0, 0.05) is 18.5 Å². The molecule has 2 aromatic heterocycles. The van der Waals surface area contributed by atoms with Gasteiger partial charge in [0.25, 0.3) is 5.56 Å². The summed E-state index contributed by atoms with van der Waals surface area (Å²) in [4.78, 5) is 17.0. The average molecular weight is 344 g/mol. The number of halogens is 2. The summed E-state index contributed by atoms with van der Waals surface area (Å²) in [5, 5.41) is 0.564. The quantitative estimate of drug-likeness (QED) is 0.718. The van der Waals surface area contributed by atoms with E-state index in [0.29, 0.717) is 17.0 Å². The zero-order chi connectivity index (χ0) is 18.3. The van der Waals surface area contributed by atoms with Gasteiger partial charge in [0.05, 0.1) is 18.2 Å². The Balaban J connectivity index is 2.43. The number of aryl methyl sites for hydroxylation is 1. The second-order valence-corrected chi connectivity index (χ2v) is 6.24. The molecule has 0 atom stereocenters. The van der Waals surface area contributed by atoms with Crippen LogP contribution in [-0.2, 0) is 0 Å². The van der Waals surface area contributed by atoms with Crippen LogP contribution >= 0.6 is 0 Å². The molecule has 0 saturated carbocycles. The van der Waals surface area contributed by atoms with Crippen LogP contribution < -0.4 is 10.3 Å². The maximum atomic E-state index is 13.7. The van der Waals surface area contributed by atoms with E-state index >= 15 is 0 Å². The summed E-state index contributed by atoms with van der Waals surface area (Å²) < 4.78 is 34.0. The molecule has 0 aliphatic heterocycles. The van der Waals surface area contributed by atoms with Crippen LogP contribution in [0.15, 0.2) is 35.4 Å². The fourth-order valence-corrected chi connectivity index (χ4v) is 2.86. The lowest BCUT2D eigenvalue weighted by molar-refractivity contribution is 0.397. The molecule has 0 aliphatic rings. The topological polar surface area (TPSA) is 44.1 Å². The molecule has 4 nitrogen and oxygen atoms in total. The van der Waals surface area contributed by atoms with Crippen LogP contribution in [0.25, 0.3) is 16.5 Å². The van der Waals surface area contributed by atoms with Crippen LogP contribution in [-0.4, -0.2) is 16.7 Å². The third kappa shape index (κ3) is 2.88. The summed E-state index contributed by atoms with van der Waals surface area (Å²) >= 11 is 0. The third-order valence-electron chi connectivity index (χ3n) is 4.23. The van der Waals surface area contributed by atoms with Crippen LogP contribution in [0, 0.1) is 18.6 Å². The van der Waals surface area contributed by atoms with Crippen molar-refractivity contribution in [1.82, 2.24) is 9.55 Å². The number of ether oxygens (including phenoxy) is 1. The van der Waals surface area contributed by atoms with Gasteiger partial charge < -0.3 is 4.74 Å². The molecule has 0 aliphatic carbocycles. The molecule has 0 bridgehead atoms. The Bertz CT molecular complexity index is 1030. The normalized spacial score (nSPS) is 11.3. The van der Waals surface area contributed by atoms with Gasteiger partial charge in [-0.15, -0.1) is 0 Å². The highest BCUT2D eigenvalue weighted by atomic mass is 19.2. The van der Waals surface area contributed by atoms with Crippen molar-refractivity contribution in [2.24, 2.45) is 0 Å². The second kappa shape index (κ2) is 6.27. The standard InChI is InChI=1S/C19H18F2N2O2/c1-10(2)14-9-23(17-7-18(25-4)22-8-11(17)3)19(24)13-6-16(21)15(20)5-12(13)14/h5-10H,1-4H3. The van der Waals surface area contributed by atoms with E-state index in [-0.39, 0.29) is 11.3 Å². The van der Waals surface area contributed by atoms with Crippen molar-refractivity contribution < 1.29 is 13.5 Å². The molecule has 6 heteroatoms. The van der Waals surface area contributed by atoms with Gasteiger partial charge in [0.1, 0.15) is 0 Å². The molecular formula is C19H18F2N2O2. The van der Waals surface area contributed by atoms with E-state index in [1.165, 1.54) is 11.7 Å². The van der Waals surface area contributed by atoms with E-state index in [0.717, 1.165) is 23.3 Å². The zero-order valence-electron chi connectivity index (χ0n) is 14.4. The number of hydrogen-bond acceptors (Lipinski definition) is 3. The highest BCUT2D eigenvalue weighted by Gasteiger charge is 2.17. The SMILES string of the molecule is COc1cc(-n2cc(C(C)C)c3cc(F)c(F)cc3c2=O)c(C)cn1. The Morgan fingerprint density at radius 1 is 1.12 bits per heavy atom. The molecule has 0 fully saturated rings. The molecule has 0 saturated heterocycles. The second-order valence-electron chi connectivity index (χ2n) is 6.24. The first-order valence-corrected chi connectivity index (χ1v) is 7.88. The van der Waals surface area contributed by atoms with Gasteiger partial charge in [-0.05, 0) is 41.5 Å². The van der Waals surface area contributed by atoms with Gasteiger partial charge in [-0.2, -0.15) is 0 Å². The average Bonchev–Trinajstić information content (AvgIpc) is 2.57. The van der Waals surface area contributed by atoms with Crippen molar-refractivity contribution in [3.05, 3.63) is 63.7 Å². The highest BCUT2D eigenvalue weighted by Crippen LogP contribution is 2.27. The van der Waals surface area contributed by atoms with Crippen molar-refractivity contribution in [2.45, 2.75) is 26.7 Å². The van der Waals surface area contributed by atoms with Gasteiger partial charge in [-0.1, -0.05) is 13.8 Å². The Kier molecular flexibility index (Phi) is 4.29. The van der Waals surface area contributed by atoms with Gasteiger partial charge in [0.2, 0.25) is 5.88 Å². The zero-order valence-corrected chi connectivity index (χ0v) is 14.4. The Morgan fingerprint density at radius 2 is 1.76 bits per heavy atom. The van der Waals surface area contributed by atoms with Gasteiger partial charge in [0.15, 0.2) is 11.6 Å². The molecular weight excluding hydrogens is 326 g/mol. The third-order valence-corrected chi connectivity index (χ3v) is 4.23. The summed E-state index contributed by atoms with van der Waals surface area (Å²) in [5.74, 6) is -1.62. The predicted octanol–water partition coefficient (Wildman–Crippen LogP) is 4.10. The maximum Gasteiger partial charge on any atom is 0.263 e. The van der Waals surface area contributed by atoms with Crippen molar-refractivity contribution in [2.75, 3.05) is 7.11 Å². The molecule has 0 unspecified atom stereocenters. The summed E-state index contributed by atoms with van der Waals surface area (Å²) in [6.07, 6.45) is 3.28. The van der Waals surface area contributed by atoms with E-state index in [1.807, 2.05) is 20.8 Å². The van der Waals surface area contributed by atoms with E-state index in [4.69, 9.17) is 4.74 Å². The number of nitrogens with zero attached hydrogens (tertiary/aromatic N) is 2. The first-order chi connectivity index (χ1) is 11.8. The lowest BCUT2D eigenvalue weighted by Crippen LogP contribution is -2.21. The Labute approximate surface area is 143 Å². The molecule has 0 radical (unpaired) electrons. The summed E-state index contributed by atoms with van der Waals surface area (Å²) in [6, 6.07) is 3.70. The number of rotatable bonds is 3. The minimum absolute atomic E-state index is 0.0169. The maximum absolute atomic E-state index is 13.7. The lowest BCUT2D eigenvalue weighted by Gasteiger charge is -2.16. The number of methoxy groups -OCH3 is 1. The van der Waals surface area contributed by atoms with Crippen LogP contribution in [0.5, 0.6) is 5.88 Å². The summed E-state index contributed by atoms with van der Waals surface area (Å²) in [5.41, 5.74) is 1.68. The van der Waals surface area contributed by atoms with Crippen LogP contribution in [0.4, 0.5) is 8.78 Å². The first-order valence-electron chi connectivity index (χ1n) is 7.88. The monoisotopic (exact) mass is 344 g/mol. The lowest BCUT2D eigenvalue weighted by atomic mass is 9.98. The largest absolute Gasteiger partial charge is 0.481 e. The fourth-order valence-electron chi connectivity index (χ4n) is 2.86. The van der Waals surface area contributed by atoms with Crippen molar-refractivity contribution in [3.8, 4) is 11.6 Å².